The lowest BCUT2D eigenvalue weighted by Gasteiger charge is -2.39. The molecule has 0 N–H and O–H groups in total. The third-order valence-electron chi connectivity index (χ3n) is 5.06. The molecule has 0 saturated carbocycles. The number of aliphatic imine (C=N–C) groups is 1. The Balaban J connectivity index is 1.35. The largest absolute Gasteiger partial charge is 0.459 e. The molecule has 0 bridgehead atoms. The standard InChI is InChI=1S/C18H18N6O2/c25-18(15-6-3-11-26-15)23-9-7-22(8-10-23)16-17-21-19-12-24(17)14-5-2-1-4-13(14)20-16/h1-6,11-12,14,16H,7-10H2. The molecular weight excluding hydrogens is 332 g/mol. The van der Waals surface area contributed by atoms with Crippen LogP contribution in [-0.2, 0) is 0 Å². The van der Waals surface area contributed by atoms with Gasteiger partial charge in [-0.15, -0.1) is 10.2 Å². The number of hydrogen-bond donors (Lipinski definition) is 0. The molecule has 5 rings (SSSR count). The van der Waals surface area contributed by atoms with Crippen molar-refractivity contribution in [2.45, 2.75) is 12.2 Å². The molecule has 2 unspecified atom stereocenters. The summed E-state index contributed by atoms with van der Waals surface area (Å²) in [6.07, 6.45) is 11.3. The van der Waals surface area contributed by atoms with Gasteiger partial charge in [0.25, 0.3) is 5.91 Å². The van der Waals surface area contributed by atoms with E-state index in [4.69, 9.17) is 9.41 Å². The number of fused-ring (bicyclic) bond motifs is 3. The van der Waals surface area contributed by atoms with Gasteiger partial charge >= 0.3 is 0 Å². The summed E-state index contributed by atoms with van der Waals surface area (Å²) in [5.74, 6) is 1.18. The minimum atomic E-state index is -0.166. The van der Waals surface area contributed by atoms with Crippen LogP contribution in [0.2, 0.25) is 0 Å². The van der Waals surface area contributed by atoms with Gasteiger partial charge in [-0.3, -0.25) is 14.7 Å². The van der Waals surface area contributed by atoms with E-state index < -0.39 is 0 Å². The van der Waals surface area contributed by atoms with Gasteiger partial charge in [-0.05, 0) is 18.2 Å². The first-order valence-corrected chi connectivity index (χ1v) is 8.70. The second-order valence-electron chi connectivity index (χ2n) is 6.52. The van der Waals surface area contributed by atoms with Gasteiger partial charge in [0.15, 0.2) is 17.8 Å². The molecule has 2 aromatic heterocycles. The fourth-order valence-corrected chi connectivity index (χ4v) is 3.70. The van der Waals surface area contributed by atoms with Crippen molar-refractivity contribution < 1.29 is 9.21 Å². The minimum absolute atomic E-state index is 0.0619. The molecule has 0 aromatic carbocycles. The van der Waals surface area contributed by atoms with Crippen molar-refractivity contribution in [2.75, 3.05) is 26.2 Å². The van der Waals surface area contributed by atoms with Gasteiger partial charge in [0.2, 0.25) is 0 Å². The number of allylic oxidation sites excluding steroid dienone is 4. The molecule has 0 radical (unpaired) electrons. The number of carbonyl (C=O) groups excluding carboxylic acids is 1. The summed E-state index contributed by atoms with van der Waals surface area (Å²) < 4.78 is 7.30. The number of furan rings is 1. The van der Waals surface area contributed by atoms with E-state index in [2.05, 4.69) is 25.7 Å². The van der Waals surface area contributed by atoms with Crippen molar-refractivity contribution >= 4 is 11.6 Å². The summed E-state index contributed by atoms with van der Waals surface area (Å²) in [7, 11) is 0. The highest BCUT2D eigenvalue weighted by molar-refractivity contribution is 6.01. The molecule has 2 aliphatic heterocycles. The SMILES string of the molecule is O=C(c1ccco1)N1CCN(C2N=C3C=CC=CC3n3cnnc32)CC1. The van der Waals surface area contributed by atoms with Crippen LogP contribution >= 0.6 is 0 Å². The van der Waals surface area contributed by atoms with E-state index in [-0.39, 0.29) is 18.1 Å². The summed E-state index contributed by atoms with van der Waals surface area (Å²) in [5, 5.41) is 8.40. The van der Waals surface area contributed by atoms with Crippen LogP contribution in [0, 0.1) is 0 Å². The van der Waals surface area contributed by atoms with Crippen LogP contribution in [0.15, 0.2) is 58.4 Å². The maximum absolute atomic E-state index is 12.4. The van der Waals surface area contributed by atoms with Crippen LogP contribution in [-0.4, -0.2) is 62.4 Å². The quantitative estimate of drug-likeness (QED) is 0.819. The van der Waals surface area contributed by atoms with E-state index in [1.54, 1.807) is 18.5 Å². The average Bonchev–Trinajstić information content (AvgIpc) is 3.39. The lowest BCUT2D eigenvalue weighted by molar-refractivity contribution is 0.0531. The van der Waals surface area contributed by atoms with Gasteiger partial charge in [-0.25, -0.2) is 0 Å². The highest BCUT2D eigenvalue weighted by Gasteiger charge is 2.35. The molecule has 3 aliphatic rings. The zero-order valence-electron chi connectivity index (χ0n) is 14.1. The Bertz CT molecular complexity index is 902. The molecule has 8 heteroatoms. The first kappa shape index (κ1) is 15.3. The van der Waals surface area contributed by atoms with Crippen LogP contribution in [0.1, 0.15) is 28.6 Å². The smallest absolute Gasteiger partial charge is 0.289 e. The molecule has 0 spiro atoms. The average molecular weight is 350 g/mol. The number of piperazine rings is 1. The molecule has 2 aromatic rings. The highest BCUT2D eigenvalue weighted by atomic mass is 16.3. The molecule has 132 valence electrons. The zero-order valence-corrected chi connectivity index (χ0v) is 14.1. The van der Waals surface area contributed by atoms with Gasteiger partial charge in [0, 0.05) is 26.2 Å². The number of amides is 1. The van der Waals surface area contributed by atoms with Crippen molar-refractivity contribution in [2.24, 2.45) is 4.99 Å². The molecule has 2 atom stereocenters. The van der Waals surface area contributed by atoms with Crippen LogP contribution in [0.25, 0.3) is 0 Å². The summed E-state index contributed by atoms with van der Waals surface area (Å²) in [6.45, 7) is 2.72. The molecule has 1 saturated heterocycles. The Morgan fingerprint density at radius 1 is 1.19 bits per heavy atom. The normalized spacial score (nSPS) is 24.9. The second kappa shape index (κ2) is 6.06. The summed E-state index contributed by atoms with van der Waals surface area (Å²) in [6, 6.07) is 3.51. The summed E-state index contributed by atoms with van der Waals surface area (Å²) in [5.41, 5.74) is 1.01. The van der Waals surface area contributed by atoms with Crippen molar-refractivity contribution in [3.63, 3.8) is 0 Å². The summed E-state index contributed by atoms with van der Waals surface area (Å²) in [4.78, 5) is 21.4. The molecule has 4 heterocycles. The second-order valence-corrected chi connectivity index (χ2v) is 6.52. The number of hydrogen-bond acceptors (Lipinski definition) is 6. The Morgan fingerprint density at radius 2 is 2.08 bits per heavy atom. The van der Waals surface area contributed by atoms with Gasteiger partial charge in [0.1, 0.15) is 6.33 Å². The zero-order chi connectivity index (χ0) is 17.5. The van der Waals surface area contributed by atoms with Crippen LogP contribution < -0.4 is 0 Å². The van der Waals surface area contributed by atoms with Crippen LogP contribution in [0.4, 0.5) is 0 Å². The fourth-order valence-electron chi connectivity index (χ4n) is 3.70. The lowest BCUT2D eigenvalue weighted by atomic mass is 10.0. The molecule has 1 fully saturated rings. The van der Waals surface area contributed by atoms with E-state index in [0.717, 1.165) is 24.6 Å². The number of carbonyl (C=O) groups is 1. The Morgan fingerprint density at radius 3 is 2.88 bits per heavy atom. The van der Waals surface area contributed by atoms with Crippen molar-refractivity contribution in [3.8, 4) is 0 Å². The molecule has 26 heavy (non-hydrogen) atoms. The highest BCUT2D eigenvalue weighted by Crippen LogP contribution is 2.32. The lowest BCUT2D eigenvalue weighted by Crippen LogP contribution is -2.50. The van der Waals surface area contributed by atoms with Crippen molar-refractivity contribution in [1.29, 1.82) is 0 Å². The van der Waals surface area contributed by atoms with Gasteiger partial charge in [-0.2, -0.15) is 0 Å². The third kappa shape index (κ3) is 2.41. The fraction of sp³-hybridized carbons (Fsp3) is 0.333. The topological polar surface area (TPSA) is 79.8 Å². The summed E-state index contributed by atoms with van der Waals surface area (Å²) >= 11 is 0. The Labute approximate surface area is 150 Å². The minimum Gasteiger partial charge on any atom is -0.459 e. The predicted molar refractivity (Wildman–Crippen MR) is 93.7 cm³/mol. The predicted octanol–water partition coefficient (Wildman–Crippen LogP) is 1.45. The molecule has 1 aliphatic carbocycles. The van der Waals surface area contributed by atoms with E-state index in [0.29, 0.717) is 18.8 Å². The van der Waals surface area contributed by atoms with E-state index in [1.165, 1.54) is 6.26 Å². The number of aromatic nitrogens is 3. The first-order valence-electron chi connectivity index (χ1n) is 8.70. The molecular formula is C18H18N6O2. The number of rotatable bonds is 2. The van der Waals surface area contributed by atoms with Gasteiger partial charge in [-0.1, -0.05) is 18.2 Å². The van der Waals surface area contributed by atoms with Crippen LogP contribution in [0.3, 0.4) is 0 Å². The Kier molecular flexibility index (Phi) is 3.56. The molecule has 1 amide bonds. The maximum atomic E-state index is 12.4. The number of nitrogens with zero attached hydrogens (tertiary/aromatic N) is 6. The van der Waals surface area contributed by atoms with E-state index in [9.17, 15) is 4.79 Å². The van der Waals surface area contributed by atoms with Crippen molar-refractivity contribution in [3.05, 3.63) is 60.6 Å². The van der Waals surface area contributed by atoms with E-state index >= 15 is 0 Å². The third-order valence-corrected chi connectivity index (χ3v) is 5.06. The van der Waals surface area contributed by atoms with Crippen molar-refractivity contribution in [1.82, 2.24) is 24.6 Å². The molecule has 8 nitrogen and oxygen atoms in total. The van der Waals surface area contributed by atoms with Gasteiger partial charge < -0.3 is 13.9 Å². The maximum Gasteiger partial charge on any atom is 0.289 e. The first-order chi connectivity index (χ1) is 12.8. The monoisotopic (exact) mass is 350 g/mol. The Hall–Kier alpha value is -3.00. The van der Waals surface area contributed by atoms with E-state index in [1.807, 2.05) is 23.1 Å². The van der Waals surface area contributed by atoms with Gasteiger partial charge in [0.05, 0.1) is 18.0 Å². The van der Waals surface area contributed by atoms with Crippen LogP contribution in [0.5, 0.6) is 0 Å².